The van der Waals surface area contributed by atoms with Gasteiger partial charge in [-0.05, 0) is 36.8 Å². The molecule has 1 atom stereocenters. The third kappa shape index (κ3) is 2.65. The Bertz CT molecular complexity index is 805. The van der Waals surface area contributed by atoms with E-state index in [1.165, 1.54) is 24.9 Å². The van der Waals surface area contributed by atoms with Crippen LogP contribution in [0.25, 0.3) is 0 Å². The molecule has 2 aliphatic rings. The van der Waals surface area contributed by atoms with Gasteiger partial charge in [0.15, 0.2) is 17.3 Å². The Morgan fingerprint density at radius 3 is 2.88 bits per heavy atom. The molecule has 1 heterocycles. The van der Waals surface area contributed by atoms with Crippen LogP contribution in [0.3, 0.4) is 0 Å². The second-order valence-electron chi connectivity index (χ2n) is 5.72. The lowest BCUT2D eigenvalue weighted by atomic mass is 9.77. The van der Waals surface area contributed by atoms with E-state index in [4.69, 9.17) is 4.74 Å². The fraction of sp³-hybridized carbons (Fsp3) is 0.333. The average Bonchev–Trinajstić information content (AvgIpc) is 2.60. The molecule has 2 N–H and O–H groups in total. The number of hydrogen-bond acceptors (Lipinski definition) is 6. The van der Waals surface area contributed by atoms with Crippen LogP contribution < -0.4 is 10.1 Å². The molecule has 24 heavy (non-hydrogen) atoms. The maximum atomic E-state index is 12.6. The van der Waals surface area contributed by atoms with Crippen LogP contribution in [-0.2, 0) is 4.79 Å². The predicted octanol–water partition coefficient (Wildman–Crippen LogP) is 3.19. The Morgan fingerprint density at radius 2 is 2.21 bits per heavy atom. The van der Waals surface area contributed by atoms with E-state index in [0.29, 0.717) is 23.3 Å². The number of dihydropyridines is 1. The van der Waals surface area contributed by atoms with E-state index in [9.17, 15) is 15.2 Å². The number of ether oxygens (including phenoxy) is 1. The standard InChI is InChI=1S/C18H18N2O3S/c1-23-15-8-10(6-7-13(15)21)16-11(9-19)18(24-2)20-12-4-3-5-14(22)17(12)16/h6-8,16,20-21H,3-5H2,1-2H3/t16-/m0/s1. The first kappa shape index (κ1) is 16.5. The predicted molar refractivity (Wildman–Crippen MR) is 92.6 cm³/mol. The number of ketones is 1. The number of allylic oxidation sites excluding steroid dienone is 3. The quantitative estimate of drug-likeness (QED) is 0.878. The molecule has 0 saturated carbocycles. The van der Waals surface area contributed by atoms with Crippen LogP contribution in [-0.4, -0.2) is 24.3 Å². The van der Waals surface area contributed by atoms with Gasteiger partial charge in [-0.2, -0.15) is 5.26 Å². The van der Waals surface area contributed by atoms with Crippen molar-refractivity contribution in [3.8, 4) is 17.6 Å². The highest BCUT2D eigenvalue weighted by molar-refractivity contribution is 8.02. The first-order chi connectivity index (χ1) is 11.6. The van der Waals surface area contributed by atoms with Crippen molar-refractivity contribution in [1.82, 2.24) is 5.32 Å². The van der Waals surface area contributed by atoms with Gasteiger partial charge < -0.3 is 15.2 Å². The van der Waals surface area contributed by atoms with Crippen molar-refractivity contribution in [3.05, 3.63) is 45.6 Å². The van der Waals surface area contributed by atoms with Gasteiger partial charge in [-0.3, -0.25) is 4.79 Å². The number of rotatable bonds is 3. The number of benzene rings is 1. The monoisotopic (exact) mass is 342 g/mol. The summed E-state index contributed by atoms with van der Waals surface area (Å²) in [4.78, 5) is 12.6. The number of nitrogens with zero attached hydrogens (tertiary/aromatic N) is 1. The van der Waals surface area contributed by atoms with Crippen LogP contribution in [0, 0.1) is 11.3 Å². The third-order valence-electron chi connectivity index (χ3n) is 4.40. The maximum Gasteiger partial charge on any atom is 0.161 e. The second kappa shape index (κ2) is 6.62. The second-order valence-corrected chi connectivity index (χ2v) is 6.53. The van der Waals surface area contributed by atoms with Crippen LogP contribution in [0.1, 0.15) is 30.7 Å². The van der Waals surface area contributed by atoms with Crippen LogP contribution in [0.4, 0.5) is 0 Å². The van der Waals surface area contributed by atoms with Crippen molar-refractivity contribution in [1.29, 1.82) is 5.26 Å². The molecule has 124 valence electrons. The highest BCUT2D eigenvalue weighted by Crippen LogP contribution is 2.45. The number of phenolic OH excluding ortho intramolecular Hbond substituents is 1. The normalized spacial score (nSPS) is 20.4. The van der Waals surface area contributed by atoms with Crippen LogP contribution in [0.2, 0.25) is 0 Å². The fourth-order valence-corrected chi connectivity index (χ4v) is 3.90. The van der Waals surface area contributed by atoms with Gasteiger partial charge in [-0.1, -0.05) is 6.07 Å². The molecular weight excluding hydrogens is 324 g/mol. The van der Waals surface area contributed by atoms with E-state index in [-0.39, 0.29) is 11.5 Å². The summed E-state index contributed by atoms with van der Waals surface area (Å²) in [7, 11) is 1.48. The maximum absolute atomic E-state index is 12.6. The highest BCUT2D eigenvalue weighted by Gasteiger charge is 2.37. The van der Waals surface area contributed by atoms with Crippen molar-refractivity contribution in [2.75, 3.05) is 13.4 Å². The molecular formula is C18H18N2O3S. The van der Waals surface area contributed by atoms with E-state index >= 15 is 0 Å². The summed E-state index contributed by atoms with van der Waals surface area (Å²) in [6.07, 6.45) is 4.03. The van der Waals surface area contributed by atoms with Gasteiger partial charge in [0.1, 0.15) is 0 Å². The van der Waals surface area contributed by atoms with Crippen molar-refractivity contribution in [2.24, 2.45) is 0 Å². The number of phenols is 1. The molecule has 0 amide bonds. The van der Waals surface area contributed by atoms with E-state index < -0.39 is 5.92 Å². The van der Waals surface area contributed by atoms with E-state index in [0.717, 1.165) is 29.1 Å². The molecule has 0 unspecified atom stereocenters. The lowest BCUT2D eigenvalue weighted by molar-refractivity contribution is -0.116. The lowest BCUT2D eigenvalue weighted by Crippen LogP contribution is -2.31. The zero-order chi connectivity index (χ0) is 17.3. The summed E-state index contributed by atoms with van der Waals surface area (Å²) < 4.78 is 5.19. The summed E-state index contributed by atoms with van der Waals surface area (Å²) in [5.74, 6) is 0.0241. The SMILES string of the molecule is COc1cc([C@H]2C(C#N)=C(SC)NC3=C2C(=O)CCC3)ccc1O. The molecule has 3 rings (SSSR count). The Balaban J connectivity index is 2.20. The number of aromatic hydroxyl groups is 1. The van der Waals surface area contributed by atoms with Gasteiger partial charge in [-0.25, -0.2) is 0 Å². The van der Waals surface area contributed by atoms with Gasteiger partial charge in [0.2, 0.25) is 0 Å². The molecule has 1 aromatic rings. The zero-order valence-electron chi connectivity index (χ0n) is 13.5. The van der Waals surface area contributed by atoms with Gasteiger partial charge in [0, 0.05) is 17.7 Å². The Labute approximate surface area is 145 Å². The molecule has 1 aliphatic heterocycles. The number of methoxy groups -OCH3 is 1. The molecule has 0 saturated heterocycles. The number of hydrogen-bond donors (Lipinski definition) is 2. The average molecular weight is 342 g/mol. The molecule has 0 spiro atoms. The van der Waals surface area contributed by atoms with Gasteiger partial charge >= 0.3 is 0 Å². The van der Waals surface area contributed by atoms with Gasteiger partial charge in [0.25, 0.3) is 0 Å². The Morgan fingerprint density at radius 1 is 1.42 bits per heavy atom. The summed E-state index contributed by atoms with van der Waals surface area (Å²) in [5, 5.41) is 23.6. The minimum absolute atomic E-state index is 0.0342. The number of carbonyl (C=O) groups excluding carboxylic acids is 1. The molecule has 1 aliphatic carbocycles. The third-order valence-corrected chi connectivity index (χ3v) is 5.13. The smallest absolute Gasteiger partial charge is 0.161 e. The van der Waals surface area contributed by atoms with E-state index in [1.54, 1.807) is 12.1 Å². The Hall–Kier alpha value is -2.39. The molecule has 0 fully saturated rings. The topological polar surface area (TPSA) is 82.3 Å². The number of carbonyl (C=O) groups is 1. The minimum atomic E-state index is -0.420. The number of nitrogens with one attached hydrogen (secondary N) is 1. The number of nitriles is 1. The number of Topliss-reactive ketones (excluding diaryl/α,β-unsaturated/α-hetero) is 1. The van der Waals surface area contributed by atoms with Crippen molar-refractivity contribution < 1.29 is 14.6 Å². The highest BCUT2D eigenvalue weighted by atomic mass is 32.2. The molecule has 0 radical (unpaired) electrons. The molecule has 5 nitrogen and oxygen atoms in total. The van der Waals surface area contributed by atoms with Crippen molar-refractivity contribution >= 4 is 17.5 Å². The fourth-order valence-electron chi connectivity index (χ4n) is 3.29. The largest absolute Gasteiger partial charge is 0.504 e. The Kier molecular flexibility index (Phi) is 4.54. The summed E-state index contributed by atoms with van der Waals surface area (Å²) in [5.41, 5.74) is 2.89. The summed E-state index contributed by atoms with van der Waals surface area (Å²) in [6.45, 7) is 0. The zero-order valence-corrected chi connectivity index (χ0v) is 14.4. The molecule has 0 bridgehead atoms. The molecule has 1 aromatic carbocycles. The van der Waals surface area contributed by atoms with Gasteiger partial charge in [0.05, 0.1) is 29.7 Å². The molecule has 0 aromatic heterocycles. The number of thioether (sulfide) groups is 1. The molecule has 6 heteroatoms. The van der Waals surface area contributed by atoms with Crippen LogP contribution >= 0.6 is 11.8 Å². The van der Waals surface area contributed by atoms with Crippen LogP contribution in [0.15, 0.2) is 40.1 Å². The minimum Gasteiger partial charge on any atom is -0.504 e. The van der Waals surface area contributed by atoms with Crippen molar-refractivity contribution in [3.63, 3.8) is 0 Å². The lowest BCUT2D eigenvalue weighted by Gasteiger charge is -2.33. The van der Waals surface area contributed by atoms with Crippen molar-refractivity contribution in [2.45, 2.75) is 25.2 Å². The summed E-state index contributed by atoms with van der Waals surface area (Å²) in [6, 6.07) is 7.25. The van der Waals surface area contributed by atoms with Crippen LogP contribution in [0.5, 0.6) is 11.5 Å². The van der Waals surface area contributed by atoms with E-state index in [1.807, 2.05) is 6.26 Å². The summed E-state index contributed by atoms with van der Waals surface area (Å²) >= 11 is 1.47. The van der Waals surface area contributed by atoms with E-state index in [2.05, 4.69) is 11.4 Å². The first-order valence-corrected chi connectivity index (χ1v) is 8.91. The van der Waals surface area contributed by atoms with Gasteiger partial charge in [-0.15, -0.1) is 11.8 Å². The first-order valence-electron chi connectivity index (χ1n) is 7.69.